The summed E-state index contributed by atoms with van der Waals surface area (Å²) in [6.07, 6.45) is 6.96. The highest BCUT2D eigenvalue weighted by molar-refractivity contribution is 7.18. The Bertz CT molecular complexity index is 808. The lowest BCUT2D eigenvalue weighted by Crippen LogP contribution is -1.98. The largest absolute Gasteiger partial charge is 0.315 e. The van der Waals surface area contributed by atoms with E-state index in [0.29, 0.717) is 0 Å². The standard InChI is InChI=1S/C19H20N4S/c1-3-5-7-15-8-6-13-20-17(15)21-19-23-22-18(24-19)16-11-9-14(4-2)10-12-16/h4,6,8-13H,2-3,5,7H2,1H3,(H,20,21,23). The summed E-state index contributed by atoms with van der Waals surface area (Å²) in [5, 5.41) is 13.5. The highest BCUT2D eigenvalue weighted by Gasteiger charge is 2.09. The van der Waals surface area contributed by atoms with Crippen molar-refractivity contribution in [3.05, 3.63) is 60.3 Å². The van der Waals surface area contributed by atoms with Crippen LogP contribution in [0.3, 0.4) is 0 Å². The van der Waals surface area contributed by atoms with Crippen molar-refractivity contribution >= 4 is 28.4 Å². The van der Waals surface area contributed by atoms with Crippen LogP contribution in [-0.2, 0) is 6.42 Å². The molecule has 0 radical (unpaired) electrons. The summed E-state index contributed by atoms with van der Waals surface area (Å²) < 4.78 is 0. The molecule has 2 heterocycles. The maximum absolute atomic E-state index is 4.45. The molecule has 0 spiro atoms. The summed E-state index contributed by atoms with van der Waals surface area (Å²) in [6.45, 7) is 5.96. The zero-order valence-corrected chi connectivity index (χ0v) is 14.5. The SMILES string of the molecule is C=Cc1ccc(-c2nnc(Nc3ncccc3CCCC)s2)cc1. The molecule has 1 N–H and O–H groups in total. The molecule has 24 heavy (non-hydrogen) atoms. The van der Waals surface area contributed by atoms with E-state index in [1.807, 2.05) is 36.4 Å². The van der Waals surface area contributed by atoms with Crippen molar-refractivity contribution < 1.29 is 0 Å². The Hall–Kier alpha value is -2.53. The van der Waals surface area contributed by atoms with Gasteiger partial charge in [-0.1, -0.05) is 67.7 Å². The van der Waals surface area contributed by atoms with E-state index in [1.54, 1.807) is 6.20 Å². The normalized spacial score (nSPS) is 10.5. The van der Waals surface area contributed by atoms with Crippen LogP contribution >= 0.6 is 11.3 Å². The lowest BCUT2D eigenvalue weighted by molar-refractivity contribution is 0.793. The molecular formula is C19H20N4S. The molecule has 0 atom stereocenters. The molecule has 3 rings (SSSR count). The van der Waals surface area contributed by atoms with Crippen molar-refractivity contribution in [2.45, 2.75) is 26.2 Å². The highest BCUT2D eigenvalue weighted by Crippen LogP contribution is 2.29. The minimum Gasteiger partial charge on any atom is -0.315 e. The van der Waals surface area contributed by atoms with Crippen molar-refractivity contribution in [1.29, 1.82) is 0 Å². The van der Waals surface area contributed by atoms with Gasteiger partial charge in [0, 0.05) is 11.8 Å². The predicted octanol–water partition coefficient (Wildman–Crippen LogP) is 5.33. The lowest BCUT2D eigenvalue weighted by atomic mass is 10.1. The number of hydrogen-bond donors (Lipinski definition) is 1. The number of aromatic nitrogens is 3. The van der Waals surface area contributed by atoms with Crippen LogP contribution in [0.4, 0.5) is 10.9 Å². The average molecular weight is 336 g/mol. The fourth-order valence-corrected chi connectivity index (χ4v) is 3.12. The summed E-state index contributed by atoms with van der Waals surface area (Å²) in [4.78, 5) is 4.45. The zero-order chi connectivity index (χ0) is 16.8. The molecule has 122 valence electrons. The van der Waals surface area contributed by atoms with Crippen LogP contribution in [0.1, 0.15) is 30.9 Å². The fourth-order valence-electron chi connectivity index (χ4n) is 2.37. The number of hydrogen-bond acceptors (Lipinski definition) is 5. The summed E-state index contributed by atoms with van der Waals surface area (Å²) in [5.74, 6) is 0.871. The maximum atomic E-state index is 4.45. The first-order valence-corrected chi connectivity index (χ1v) is 8.89. The number of aryl methyl sites for hydroxylation is 1. The van der Waals surface area contributed by atoms with Crippen molar-refractivity contribution in [3.63, 3.8) is 0 Å². The molecule has 0 aliphatic carbocycles. The molecule has 4 nitrogen and oxygen atoms in total. The van der Waals surface area contributed by atoms with Gasteiger partial charge >= 0.3 is 0 Å². The summed E-state index contributed by atoms with van der Waals surface area (Å²) in [7, 11) is 0. The van der Waals surface area contributed by atoms with E-state index < -0.39 is 0 Å². The van der Waals surface area contributed by atoms with Gasteiger partial charge in [-0.3, -0.25) is 0 Å². The first-order valence-electron chi connectivity index (χ1n) is 8.07. The molecule has 1 aromatic carbocycles. The van der Waals surface area contributed by atoms with E-state index in [9.17, 15) is 0 Å². The Morgan fingerprint density at radius 1 is 1.17 bits per heavy atom. The topological polar surface area (TPSA) is 50.7 Å². The zero-order valence-electron chi connectivity index (χ0n) is 13.7. The third-order valence-electron chi connectivity index (χ3n) is 3.73. The van der Waals surface area contributed by atoms with Gasteiger partial charge in [-0.2, -0.15) is 0 Å². The van der Waals surface area contributed by atoms with Gasteiger partial charge in [-0.25, -0.2) is 4.98 Å². The van der Waals surface area contributed by atoms with E-state index in [0.717, 1.165) is 46.3 Å². The Kier molecular flexibility index (Phi) is 5.33. The molecule has 0 aliphatic rings. The van der Waals surface area contributed by atoms with Crippen LogP contribution < -0.4 is 5.32 Å². The van der Waals surface area contributed by atoms with E-state index in [-0.39, 0.29) is 0 Å². The number of nitrogens with zero attached hydrogens (tertiary/aromatic N) is 3. The second-order valence-electron chi connectivity index (χ2n) is 5.48. The van der Waals surface area contributed by atoms with Gasteiger partial charge in [-0.05, 0) is 30.0 Å². The fraction of sp³-hybridized carbons (Fsp3) is 0.211. The van der Waals surface area contributed by atoms with Crippen LogP contribution in [-0.4, -0.2) is 15.2 Å². The van der Waals surface area contributed by atoms with Gasteiger partial charge in [-0.15, -0.1) is 10.2 Å². The smallest absolute Gasteiger partial charge is 0.211 e. The summed E-state index contributed by atoms with van der Waals surface area (Å²) >= 11 is 1.53. The van der Waals surface area contributed by atoms with Crippen molar-refractivity contribution in [2.75, 3.05) is 5.32 Å². The lowest BCUT2D eigenvalue weighted by Gasteiger charge is -2.07. The molecule has 0 aliphatic heterocycles. The first kappa shape index (κ1) is 16.3. The Balaban J connectivity index is 1.77. The Labute approximate surface area is 146 Å². The molecule has 5 heteroatoms. The van der Waals surface area contributed by atoms with Crippen LogP contribution in [0.25, 0.3) is 16.6 Å². The number of pyridine rings is 1. The van der Waals surface area contributed by atoms with Crippen molar-refractivity contribution in [3.8, 4) is 10.6 Å². The molecule has 0 unspecified atom stereocenters. The molecule has 0 saturated heterocycles. The van der Waals surface area contributed by atoms with E-state index in [4.69, 9.17) is 0 Å². The third-order valence-corrected chi connectivity index (χ3v) is 4.62. The average Bonchev–Trinajstić information content (AvgIpc) is 3.09. The Morgan fingerprint density at radius 2 is 2.00 bits per heavy atom. The molecule has 3 aromatic rings. The van der Waals surface area contributed by atoms with Gasteiger partial charge in [0.15, 0.2) is 0 Å². The van der Waals surface area contributed by atoms with Crippen LogP contribution in [0, 0.1) is 0 Å². The number of nitrogens with one attached hydrogen (secondary N) is 1. The van der Waals surface area contributed by atoms with Crippen LogP contribution in [0.2, 0.25) is 0 Å². The van der Waals surface area contributed by atoms with Gasteiger partial charge in [0.25, 0.3) is 0 Å². The van der Waals surface area contributed by atoms with Crippen LogP contribution in [0.15, 0.2) is 49.2 Å². The quantitative estimate of drug-likeness (QED) is 0.633. The van der Waals surface area contributed by atoms with Gasteiger partial charge in [0.2, 0.25) is 5.13 Å². The number of rotatable bonds is 7. The van der Waals surface area contributed by atoms with Gasteiger partial charge < -0.3 is 5.32 Å². The van der Waals surface area contributed by atoms with Gasteiger partial charge in [0.1, 0.15) is 10.8 Å². The molecule has 0 bridgehead atoms. The highest BCUT2D eigenvalue weighted by atomic mass is 32.1. The second kappa shape index (κ2) is 7.84. The minimum absolute atomic E-state index is 0.759. The monoisotopic (exact) mass is 336 g/mol. The molecule has 0 amide bonds. The van der Waals surface area contributed by atoms with E-state index in [2.05, 4.69) is 40.1 Å². The van der Waals surface area contributed by atoms with Crippen molar-refractivity contribution in [2.24, 2.45) is 0 Å². The molecular weight excluding hydrogens is 316 g/mol. The van der Waals surface area contributed by atoms with E-state index in [1.165, 1.54) is 16.9 Å². The van der Waals surface area contributed by atoms with Gasteiger partial charge in [0.05, 0.1) is 0 Å². The molecule has 2 aromatic heterocycles. The first-order chi connectivity index (χ1) is 11.8. The third kappa shape index (κ3) is 3.86. The number of benzene rings is 1. The minimum atomic E-state index is 0.759. The predicted molar refractivity (Wildman–Crippen MR) is 102 cm³/mol. The Morgan fingerprint density at radius 3 is 2.75 bits per heavy atom. The summed E-state index contributed by atoms with van der Waals surface area (Å²) in [6, 6.07) is 12.2. The second-order valence-corrected chi connectivity index (χ2v) is 6.46. The molecule has 0 fully saturated rings. The molecule has 0 saturated carbocycles. The number of anilines is 2. The van der Waals surface area contributed by atoms with Crippen molar-refractivity contribution in [1.82, 2.24) is 15.2 Å². The number of unbranched alkanes of at least 4 members (excludes halogenated alkanes) is 1. The maximum Gasteiger partial charge on any atom is 0.211 e. The summed E-state index contributed by atoms with van der Waals surface area (Å²) in [5.41, 5.74) is 3.36. The van der Waals surface area contributed by atoms with E-state index >= 15 is 0 Å². The van der Waals surface area contributed by atoms with Crippen LogP contribution in [0.5, 0.6) is 0 Å².